The summed E-state index contributed by atoms with van der Waals surface area (Å²) in [6, 6.07) is 0. The Morgan fingerprint density at radius 1 is 1.33 bits per heavy atom. The normalized spacial score (nSPS) is 13.3. The summed E-state index contributed by atoms with van der Waals surface area (Å²) in [5.41, 5.74) is 0.0618. The molecule has 0 saturated carbocycles. The highest BCUT2D eigenvalue weighted by Crippen LogP contribution is 2.23. The van der Waals surface area contributed by atoms with Crippen LogP contribution in [0.1, 0.15) is 26.7 Å². The fourth-order valence-electron chi connectivity index (χ4n) is 0.880. The van der Waals surface area contributed by atoms with Gasteiger partial charge in [-0.25, -0.2) is 8.42 Å². The van der Waals surface area contributed by atoms with Crippen molar-refractivity contribution in [3.63, 3.8) is 0 Å². The lowest BCUT2D eigenvalue weighted by molar-refractivity contribution is 0.380. The van der Waals surface area contributed by atoms with Crippen molar-refractivity contribution >= 4 is 21.4 Å². The van der Waals surface area contributed by atoms with Crippen LogP contribution in [-0.4, -0.2) is 26.3 Å². The SMILES string of the molecule is CC(C)(CCl)CCCS(C)(=O)=O. The van der Waals surface area contributed by atoms with Crippen LogP contribution in [0.4, 0.5) is 0 Å². The Hall–Kier alpha value is 0.240. The van der Waals surface area contributed by atoms with E-state index in [1.165, 1.54) is 6.26 Å². The Morgan fingerprint density at radius 3 is 2.17 bits per heavy atom. The molecule has 0 bridgehead atoms. The van der Waals surface area contributed by atoms with Crippen LogP contribution >= 0.6 is 11.6 Å². The van der Waals surface area contributed by atoms with Gasteiger partial charge in [-0.1, -0.05) is 13.8 Å². The average molecular weight is 213 g/mol. The van der Waals surface area contributed by atoms with Gasteiger partial charge < -0.3 is 0 Å². The zero-order valence-corrected chi connectivity index (χ0v) is 9.50. The van der Waals surface area contributed by atoms with Crippen molar-refractivity contribution in [1.82, 2.24) is 0 Å². The van der Waals surface area contributed by atoms with Crippen LogP contribution in [0.25, 0.3) is 0 Å². The molecule has 74 valence electrons. The van der Waals surface area contributed by atoms with Gasteiger partial charge in [0.2, 0.25) is 0 Å². The molecule has 0 radical (unpaired) electrons. The third-order valence-electron chi connectivity index (χ3n) is 1.73. The predicted octanol–water partition coefficient (Wildman–Crippen LogP) is 2.08. The van der Waals surface area contributed by atoms with E-state index in [1.807, 2.05) is 13.8 Å². The van der Waals surface area contributed by atoms with Crippen LogP contribution in [0.3, 0.4) is 0 Å². The second-order valence-corrected chi connectivity index (χ2v) is 6.56. The smallest absolute Gasteiger partial charge is 0.147 e. The Kier molecular flexibility index (Phi) is 4.56. The molecule has 0 aromatic heterocycles. The zero-order valence-electron chi connectivity index (χ0n) is 7.93. The fraction of sp³-hybridized carbons (Fsp3) is 1.00. The Bertz CT molecular complexity index is 219. The van der Waals surface area contributed by atoms with Crippen molar-refractivity contribution < 1.29 is 8.42 Å². The van der Waals surface area contributed by atoms with E-state index >= 15 is 0 Å². The summed E-state index contributed by atoms with van der Waals surface area (Å²) in [5, 5.41) is 0. The first kappa shape index (κ1) is 12.2. The summed E-state index contributed by atoms with van der Waals surface area (Å²) >= 11 is 5.69. The predicted molar refractivity (Wildman–Crippen MR) is 53.4 cm³/mol. The molecule has 0 N–H and O–H groups in total. The quantitative estimate of drug-likeness (QED) is 0.654. The van der Waals surface area contributed by atoms with Crippen molar-refractivity contribution in [2.75, 3.05) is 17.9 Å². The molecule has 0 atom stereocenters. The van der Waals surface area contributed by atoms with Gasteiger partial charge in [-0.15, -0.1) is 11.6 Å². The molecule has 0 aliphatic carbocycles. The van der Waals surface area contributed by atoms with Crippen LogP contribution in [0, 0.1) is 5.41 Å². The number of halogens is 1. The van der Waals surface area contributed by atoms with Gasteiger partial charge in [-0.3, -0.25) is 0 Å². The maximum Gasteiger partial charge on any atom is 0.147 e. The topological polar surface area (TPSA) is 34.1 Å². The summed E-state index contributed by atoms with van der Waals surface area (Å²) < 4.78 is 21.5. The number of sulfone groups is 1. The van der Waals surface area contributed by atoms with Gasteiger partial charge in [0.25, 0.3) is 0 Å². The van der Waals surface area contributed by atoms with E-state index in [4.69, 9.17) is 11.6 Å². The first-order valence-corrected chi connectivity index (χ1v) is 6.60. The number of alkyl halides is 1. The molecule has 0 aliphatic rings. The molecule has 0 rings (SSSR count). The maximum absolute atomic E-state index is 10.8. The Morgan fingerprint density at radius 2 is 1.83 bits per heavy atom. The number of hydrogen-bond donors (Lipinski definition) is 0. The van der Waals surface area contributed by atoms with Gasteiger partial charge >= 0.3 is 0 Å². The van der Waals surface area contributed by atoms with E-state index in [-0.39, 0.29) is 11.2 Å². The maximum atomic E-state index is 10.8. The van der Waals surface area contributed by atoms with Crippen LogP contribution in [-0.2, 0) is 9.84 Å². The van der Waals surface area contributed by atoms with Crippen molar-refractivity contribution in [3.05, 3.63) is 0 Å². The lowest BCUT2D eigenvalue weighted by atomic mass is 9.91. The van der Waals surface area contributed by atoms with Gasteiger partial charge in [0.15, 0.2) is 0 Å². The second-order valence-electron chi connectivity index (χ2n) is 4.03. The van der Waals surface area contributed by atoms with Crippen molar-refractivity contribution in [2.24, 2.45) is 5.41 Å². The van der Waals surface area contributed by atoms with Gasteiger partial charge in [0, 0.05) is 17.9 Å². The molecule has 0 aromatic rings. The summed E-state index contributed by atoms with van der Waals surface area (Å²) in [7, 11) is -2.80. The average Bonchev–Trinajstić information content (AvgIpc) is 1.84. The van der Waals surface area contributed by atoms with E-state index in [1.54, 1.807) is 0 Å². The number of rotatable bonds is 5. The summed E-state index contributed by atoms with van der Waals surface area (Å²) in [4.78, 5) is 0. The van der Waals surface area contributed by atoms with Gasteiger partial charge in [0.05, 0.1) is 0 Å². The van der Waals surface area contributed by atoms with Crippen LogP contribution in [0.5, 0.6) is 0 Å². The molecule has 12 heavy (non-hydrogen) atoms. The first-order valence-electron chi connectivity index (χ1n) is 4.00. The molecule has 2 nitrogen and oxygen atoms in total. The minimum Gasteiger partial charge on any atom is -0.229 e. The minimum absolute atomic E-state index is 0.0618. The molecule has 0 saturated heterocycles. The van der Waals surface area contributed by atoms with E-state index in [9.17, 15) is 8.42 Å². The van der Waals surface area contributed by atoms with Crippen molar-refractivity contribution in [1.29, 1.82) is 0 Å². The lowest BCUT2D eigenvalue weighted by Crippen LogP contribution is -2.15. The molecule has 0 heterocycles. The molecule has 0 fully saturated rings. The highest BCUT2D eigenvalue weighted by Gasteiger charge is 2.16. The first-order chi connectivity index (χ1) is 5.27. The van der Waals surface area contributed by atoms with Gasteiger partial charge in [0.1, 0.15) is 9.84 Å². The van der Waals surface area contributed by atoms with E-state index in [2.05, 4.69) is 0 Å². The minimum atomic E-state index is -2.80. The lowest BCUT2D eigenvalue weighted by Gasteiger charge is -2.20. The molecule has 0 aliphatic heterocycles. The molecular weight excluding hydrogens is 196 g/mol. The molecular formula is C8H17ClO2S. The van der Waals surface area contributed by atoms with Crippen LogP contribution in [0.2, 0.25) is 0 Å². The van der Waals surface area contributed by atoms with E-state index in [0.29, 0.717) is 12.3 Å². The molecule has 0 unspecified atom stereocenters. The van der Waals surface area contributed by atoms with Crippen molar-refractivity contribution in [2.45, 2.75) is 26.7 Å². The summed E-state index contributed by atoms with van der Waals surface area (Å²) in [6.07, 6.45) is 2.84. The van der Waals surface area contributed by atoms with Crippen molar-refractivity contribution in [3.8, 4) is 0 Å². The molecule has 4 heteroatoms. The summed E-state index contributed by atoms with van der Waals surface area (Å²) in [5.74, 6) is 0.851. The van der Waals surface area contributed by atoms with Gasteiger partial charge in [-0.05, 0) is 18.3 Å². The molecule has 0 spiro atoms. The number of hydrogen-bond acceptors (Lipinski definition) is 2. The third kappa shape index (κ3) is 6.92. The molecule has 0 aromatic carbocycles. The second kappa shape index (κ2) is 4.47. The Labute approximate surface area is 80.2 Å². The van der Waals surface area contributed by atoms with Crippen LogP contribution < -0.4 is 0 Å². The van der Waals surface area contributed by atoms with E-state index < -0.39 is 9.84 Å². The fourth-order valence-corrected chi connectivity index (χ4v) is 1.68. The third-order valence-corrected chi connectivity index (χ3v) is 3.48. The van der Waals surface area contributed by atoms with Crippen LogP contribution in [0.15, 0.2) is 0 Å². The largest absolute Gasteiger partial charge is 0.229 e. The highest BCUT2D eigenvalue weighted by atomic mass is 35.5. The monoisotopic (exact) mass is 212 g/mol. The Balaban J connectivity index is 3.72. The highest BCUT2D eigenvalue weighted by molar-refractivity contribution is 7.90. The standard InChI is InChI=1S/C8H17ClO2S/c1-8(2,7-9)5-4-6-12(3,10)11/h4-7H2,1-3H3. The van der Waals surface area contributed by atoms with Gasteiger partial charge in [-0.2, -0.15) is 0 Å². The molecule has 0 amide bonds. The summed E-state index contributed by atoms with van der Waals surface area (Å²) in [6.45, 7) is 4.09. The van der Waals surface area contributed by atoms with E-state index in [0.717, 1.165) is 6.42 Å². The zero-order chi connectivity index (χ0) is 9.83.